The summed E-state index contributed by atoms with van der Waals surface area (Å²) in [6, 6.07) is 9.13. The van der Waals surface area contributed by atoms with Crippen LogP contribution < -0.4 is 10.6 Å². The van der Waals surface area contributed by atoms with E-state index in [1.807, 2.05) is 11.8 Å². The van der Waals surface area contributed by atoms with Crippen LogP contribution in [0.15, 0.2) is 24.3 Å². The Morgan fingerprint density at radius 2 is 2.00 bits per heavy atom. The van der Waals surface area contributed by atoms with Gasteiger partial charge in [0.2, 0.25) is 0 Å². The van der Waals surface area contributed by atoms with Crippen molar-refractivity contribution in [3.63, 3.8) is 0 Å². The lowest BCUT2D eigenvalue weighted by molar-refractivity contribution is 0.685. The van der Waals surface area contributed by atoms with E-state index in [-0.39, 0.29) is 6.04 Å². The molecule has 1 aromatic rings. The van der Waals surface area contributed by atoms with E-state index < -0.39 is 0 Å². The molecule has 0 bridgehead atoms. The fourth-order valence-electron chi connectivity index (χ4n) is 1.93. The highest BCUT2D eigenvalue weighted by molar-refractivity contribution is 7.98. The lowest BCUT2D eigenvalue weighted by atomic mass is 10.0. The Balaban J connectivity index is 2.96. The summed E-state index contributed by atoms with van der Waals surface area (Å²) in [6.07, 6.45) is 3.12. The maximum absolute atomic E-state index is 6.18. The zero-order valence-electron chi connectivity index (χ0n) is 11.3. The van der Waals surface area contributed by atoms with E-state index in [9.17, 15) is 0 Å². The van der Waals surface area contributed by atoms with Gasteiger partial charge in [0.05, 0.1) is 0 Å². The lowest BCUT2D eigenvalue weighted by Crippen LogP contribution is -2.32. The van der Waals surface area contributed by atoms with Gasteiger partial charge < -0.3 is 10.6 Å². The van der Waals surface area contributed by atoms with Crippen LogP contribution in [0.5, 0.6) is 0 Å². The molecule has 17 heavy (non-hydrogen) atoms. The minimum absolute atomic E-state index is 0.134. The van der Waals surface area contributed by atoms with Crippen LogP contribution in [0.4, 0.5) is 5.69 Å². The van der Waals surface area contributed by atoms with E-state index >= 15 is 0 Å². The first-order valence-corrected chi connectivity index (χ1v) is 7.57. The van der Waals surface area contributed by atoms with Gasteiger partial charge in [-0.15, -0.1) is 0 Å². The number of hydrogen-bond acceptors (Lipinski definition) is 3. The van der Waals surface area contributed by atoms with Crippen LogP contribution in [-0.2, 0) is 0 Å². The standard InChI is InChI=1S/C14H24N2S/c1-5-13(15)12-8-6-7-9-14(12)16(3)11(2)10-17-4/h6-9,11,13H,5,10,15H2,1-4H3/t11?,13-/m1/s1. The number of nitrogens with two attached hydrogens (primary N) is 1. The molecule has 0 heterocycles. The minimum Gasteiger partial charge on any atom is -0.371 e. The highest BCUT2D eigenvalue weighted by Crippen LogP contribution is 2.27. The first kappa shape index (κ1) is 14.4. The van der Waals surface area contributed by atoms with E-state index in [1.54, 1.807) is 0 Å². The number of hydrogen-bond donors (Lipinski definition) is 1. The smallest absolute Gasteiger partial charge is 0.0414 e. The van der Waals surface area contributed by atoms with Gasteiger partial charge in [0, 0.05) is 30.6 Å². The number of anilines is 1. The Morgan fingerprint density at radius 1 is 1.35 bits per heavy atom. The van der Waals surface area contributed by atoms with Crippen molar-refractivity contribution in [1.29, 1.82) is 0 Å². The van der Waals surface area contributed by atoms with Crippen molar-refractivity contribution in [2.45, 2.75) is 32.4 Å². The van der Waals surface area contributed by atoms with E-state index in [0.29, 0.717) is 6.04 Å². The van der Waals surface area contributed by atoms with Crippen LogP contribution in [0.3, 0.4) is 0 Å². The highest BCUT2D eigenvalue weighted by atomic mass is 32.2. The van der Waals surface area contributed by atoms with Gasteiger partial charge in [-0.1, -0.05) is 25.1 Å². The van der Waals surface area contributed by atoms with Gasteiger partial charge >= 0.3 is 0 Å². The zero-order chi connectivity index (χ0) is 12.8. The first-order valence-electron chi connectivity index (χ1n) is 6.18. The van der Waals surface area contributed by atoms with E-state index in [2.05, 4.69) is 56.3 Å². The van der Waals surface area contributed by atoms with E-state index in [4.69, 9.17) is 5.73 Å². The molecule has 96 valence electrons. The van der Waals surface area contributed by atoms with Crippen LogP contribution in [0.1, 0.15) is 31.9 Å². The van der Waals surface area contributed by atoms with Crippen molar-refractivity contribution in [3.8, 4) is 0 Å². The van der Waals surface area contributed by atoms with Crippen molar-refractivity contribution >= 4 is 17.4 Å². The Bertz CT molecular complexity index is 341. The summed E-state index contributed by atoms with van der Waals surface area (Å²) in [4.78, 5) is 2.33. The van der Waals surface area contributed by atoms with Crippen molar-refractivity contribution in [3.05, 3.63) is 29.8 Å². The molecule has 1 unspecified atom stereocenters. The Labute approximate surface area is 110 Å². The number of benzene rings is 1. The quantitative estimate of drug-likeness (QED) is 0.842. The van der Waals surface area contributed by atoms with Gasteiger partial charge in [0.25, 0.3) is 0 Å². The zero-order valence-corrected chi connectivity index (χ0v) is 12.1. The molecule has 0 amide bonds. The van der Waals surface area contributed by atoms with Crippen molar-refractivity contribution in [2.75, 3.05) is 24.0 Å². The molecule has 0 radical (unpaired) electrons. The lowest BCUT2D eigenvalue weighted by Gasteiger charge is -2.30. The molecule has 1 rings (SSSR count). The third-order valence-electron chi connectivity index (χ3n) is 3.23. The molecule has 0 aliphatic carbocycles. The van der Waals surface area contributed by atoms with Crippen LogP contribution in [-0.4, -0.2) is 25.1 Å². The Hall–Kier alpha value is -0.670. The SMILES string of the molecule is CC[C@@H](N)c1ccccc1N(C)C(C)CSC. The molecule has 0 aliphatic rings. The average molecular weight is 252 g/mol. The van der Waals surface area contributed by atoms with Crippen LogP contribution >= 0.6 is 11.8 Å². The van der Waals surface area contributed by atoms with Gasteiger partial charge in [0.1, 0.15) is 0 Å². The second-order valence-electron chi connectivity index (χ2n) is 4.49. The predicted octanol–water partition coefficient (Wildman–Crippen LogP) is 3.28. The second-order valence-corrected chi connectivity index (χ2v) is 5.40. The Morgan fingerprint density at radius 3 is 2.59 bits per heavy atom. The molecular formula is C14H24N2S. The molecule has 1 aromatic carbocycles. The average Bonchev–Trinajstić information content (AvgIpc) is 2.37. The molecule has 0 spiro atoms. The minimum atomic E-state index is 0.134. The maximum Gasteiger partial charge on any atom is 0.0414 e. The molecule has 0 fully saturated rings. The summed E-state index contributed by atoms with van der Waals surface area (Å²) in [5, 5.41) is 0. The van der Waals surface area contributed by atoms with Gasteiger partial charge in [0.15, 0.2) is 0 Å². The second kappa shape index (κ2) is 6.92. The highest BCUT2D eigenvalue weighted by Gasteiger charge is 2.15. The fourth-order valence-corrected chi connectivity index (χ4v) is 2.64. The summed E-state index contributed by atoms with van der Waals surface area (Å²) in [5.74, 6) is 1.13. The normalized spacial score (nSPS) is 14.4. The molecule has 2 N–H and O–H groups in total. The van der Waals surface area contributed by atoms with Crippen LogP contribution in [0, 0.1) is 0 Å². The molecular weight excluding hydrogens is 228 g/mol. The van der Waals surface area contributed by atoms with Crippen molar-refractivity contribution < 1.29 is 0 Å². The van der Waals surface area contributed by atoms with Crippen LogP contribution in [0.2, 0.25) is 0 Å². The van der Waals surface area contributed by atoms with Gasteiger partial charge in [-0.05, 0) is 31.2 Å². The number of thioether (sulfide) groups is 1. The summed E-state index contributed by atoms with van der Waals surface area (Å²) >= 11 is 1.88. The predicted molar refractivity (Wildman–Crippen MR) is 79.9 cm³/mol. The monoisotopic (exact) mass is 252 g/mol. The molecule has 0 saturated heterocycles. The molecule has 0 aliphatic heterocycles. The largest absolute Gasteiger partial charge is 0.371 e. The Kier molecular flexibility index (Phi) is 5.86. The molecule has 3 heteroatoms. The molecule has 2 atom stereocenters. The maximum atomic E-state index is 6.18. The van der Waals surface area contributed by atoms with E-state index in [1.165, 1.54) is 11.3 Å². The third kappa shape index (κ3) is 3.65. The van der Waals surface area contributed by atoms with Crippen molar-refractivity contribution in [2.24, 2.45) is 5.73 Å². The number of para-hydroxylation sites is 1. The summed E-state index contributed by atoms with van der Waals surface area (Å²) in [6.45, 7) is 4.39. The first-order chi connectivity index (χ1) is 8.11. The third-order valence-corrected chi connectivity index (χ3v) is 4.04. The van der Waals surface area contributed by atoms with Gasteiger partial charge in [-0.2, -0.15) is 11.8 Å². The number of rotatable bonds is 6. The fraction of sp³-hybridized carbons (Fsp3) is 0.571. The van der Waals surface area contributed by atoms with Crippen LogP contribution in [0.25, 0.3) is 0 Å². The van der Waals surface area contributed by atoms with E-state index in [0.717, 1.165) is 12.2 Å². The molecule has 0 aromatic heterocycles. The molecule has 0 saturated carbocycles. The number of nitrogens with zero attached hydrogens (tertiary/aromatic N) is 1. The summed E-state index contributed by atoms with van der Waals surface area (Å²) < 4.78 is 0. The van der Waals surface area contributed by atoms with Crippen molar-refractivity contribution in [1.82, 2.24) is 0 Å². The summed E-state index contributed by atoms with van der Waals surface area (Å²) in [5.41, 5.74) is 8.70. The molecule has 2 nitrogen and oxygen atoms in total. The van der Waals surface area contributed by atoms with Gasteiger partial charge in [-0.25, -0.2) is 0 Å². The van der Waals surface area contributed by atoms with Gasteiger partial charge in [-0.3, -0.25) is 0 Å². The topological polar surface area (TPSA) is 29.3 Å². The summed E-state index contributed by atoms with van der Waals surface area (Å²) in [7, 11) is 2.15.